The minimum absolute atomic E-state index is 0.0909. The van der Waals surface area contributed by atoms with E-state index in [1.807, 2.05) is 0 Å². The number of nitrogens with zero attached hydrogens (tertiary/aromatic N) is 1. The van der Waals surface area contributed by atoms with Crippen molar-refractivity contribution in [3.8, 4) is 0 Å². The lowest BCUT2D eigenvalue weighted by Crippen LogP contribution is -2.39. The Bertz CT molecular complexity index is 415. The maximum absolute atomic E-state index is 10.6. The molecule has 0 aromatic carbocycles. The highest BCUT2D eigenvalue weighted by molar-refractivity contribution is 7.56. The number of rotatable bonds is 3. The SMILES string of the molecule is CC1C=C2N=C(CO)C(PC=O)NC2=CC1C. The predicted molar refractivity (Wildman–Crippen MR) is 71.0 cm³/mol. The third-order valence-corrected chi connectivity index (χ3v) is 4.20. The van der Waals surface area contributed by atoms with Gasteiger partial charge in [0.1, 0.15) is 6.03 Å². The first-order valence-electron chi connectivity index (χ1n) is 5.74. The first kappa shape index (κ1) is 12.5. The van der Waals surface area contributed by atoms with Gasteiger partial charge >= 0.3 is 0 Å². The highest BCUT2D eigenvalue weighted by Gasteiger charge is 2.27. The van der Waals surface area contributed by atoms with Gasteiger partial charge < -0.3 is 10.4 Å². The Kier molecular flexibility index (Phi) is 3.75. The molecule has 1 aliphatic carbocycles. The molecule has 2 N–H and O–H groups in total. The van der Waals surface area contributed by atoms with Crippen LogP contribution in [-0.2, 0) is 4.79 Å². The molecule has 0 spiro atoms. The Morgan fingerprint density at radius 1 is 1.47 bits per heavy atom. The first-order chi connectivity index (χ1) is 8.15. The molecule has 1 aliphatic heterocycles. The van der Waals surface area contributed by atoms with E-state index < -0.39 is 0 Å². The minimum atomic E-state index is -0.137. The maximum atomic E-state index is 10.6. The number of carbonyl (C=O) groups excluding carboxylic acids is 1. The van der Waals surface area contributed by atoms with Crippen molar-refractivity contribution in [2.75, 3.05) is 6.61 Å². The van der Waals surface area contributed by atoms with E-state index in [-0.39, 0.29) is 21.0 Å². The summed E-state index contributed by atoms with van der Waals surface area (Å²) < 4.78 is 0. The van der Waals surface area contributed by atoms with Crippen molar-refractivity contribution < 1.29 is 9.90 Å². The van der Waals surface area contributed by atoms with E-state index in [4.69, 9.17) is 0 Å². The van der Waals surface area contributed by atoms with E-state index in [0.29, 0.717) is 17.5 Å². The summed E-state index contributed by atoms with van der Waals surface area (Å²) in [5.74, 6) is 0.776. The van der Waals surface area contributed by atoms with Crippen LogP contribution in [0.15, 0.2) is 28.5 Å². The second-order valence-corrected chi connectivity index (χ2v) is 5.62. The fourth-order valence-corrected chi connectivity index (χ4v) is 2.72. The van der Waals surface area contributed by atoms with Crippen molar-refractivity contribution in [1.29, 1.82) is 0 Å². The zero-order chi connectivity index (χ0) is 12.4. The molecule has 0 saturated heterocycles. The molecule has 0 aromatic heterocycles. The highest BCUT2D eigenvalue weighted by atomic mass is 31.1. The van der Waals surface area contributed by atoms with Gasteiger partial charge in [-0.3, -0.25) is 9.79 Å². The van der Waals surface area contributed by atoms with Crippen LogP contribution in [0.25, 0.3) is 0 Å². The number of fused-ring (bicyclic) bond motifs is 1. The number of allylic oxidation sites excluding steroid dienone is 2. The standard InChI is InChI=1S/C12H17N2O2P/c1-7-3-9-10(4-8(7)2)14-12(17-6-16)11(5-15)13-9/h3-4,6-8,12,14-15,17H,5H2,1-2H3. The summed E-state index contributed by atoms with van der Waals surface area (Å²) in [6.07, 6.45) is 4.27. The third kappa shape index (κ3) is 2.48. The van der Waals surface area contributed by atoms with Gasteiger partial charge in [-0.2, -0.15) is 0 Å². The number of aliphatic hydroxyl groups excluding tert-OH is 1. The summed E-state index contributed by atoms with van der Waals surface area (Å²) in [6, 6.07) is 0.882. The average Bonchev–Trinajstić information content (AvgIpc) is 2.31. The molecule has 0 fully saturated rings. The summed E-state index contributed by atoms with van der Waals surface area (Å²) in [7, 11) is 0.0909. The molecule has 0 amide bonds. The van der Waals surface area contributed by atoms with Crippen molar-refractivity contribution in [2.24, 2.45) is 16.8 Å². The van der Waals surface area contributed by atoms with Gasteiger partial charge in [0.05, 0.1) is 29.5 Å². The van der Waals surface area contributed by atoms with Gasteiger partial charge in [-0.1, -0.05) is 26.0 Å². The average molecular weight is 252 g/mol. The molecule has 4 atom stereocenters. The Morgan fingerprint density at radius 2 is 2.18 bits per heavy atom. The molecule has 4 unspecified atom stereocenters. The van der Waals surface area contributed by atoms with E-state index in [1.54, 1.807) is 0 Å². The number of carbonyl (C=O) groups is 1. The van der Waals surface area contributed by atoms with Gasteiger partial charge in [-0.15, -0.1) is 0 Å². The van der Waals surface area contributed by atoms with Gasteiger partial charge in [0.15, 0.2) is 0 Å². The van der Waals surface area contributed by atoms with Crippen LogP contribution in [0.1, 0.15) is 13.8 Å². The third-order valence-electron chi connectivity index (χ3n) is 3.25. The van der Waals surface area contributed by atoms with Crippen molar-refractivity contribution >= 4 is 20.3 Å². The van der Waals surface area contributed by atoms with Gasteiger partial charge in [0.2, 0.25) is 0 Å². The van der Waals surface area contributed by atoms with Crippen LogP contribution < -0.4 is 5.32 Å². The Balaban J connectivity index is 2.32. The lowest BCUT2D eigenvalue weighted by molar-refractivity contribution is 0.353. The van der Waals surface area contributed by atoms with Crippen molar-refractivity contribution in [3.05, 3.63) is 23.5 Å². The molecule has 0 saturated carbocycles. The fourth-order valence-electron chi connectivity index (χ4n) is 2.00. The lowest BCUT2D eigenvalue weighted by Gasteiger charge is -2.31. The smallest absolute Gasteiger partial charge is 0.141 e. The van der Waals surface area contributed by atoms with Gasteiger partial charge in [-0.25, -0.2) is 0 Å². The zero-order valence-corrected chi connectivity index (χ0v) is 11.0. The normalized spacial score (nSPS) is 32.4. The molecular weight excluding hydrogens is 235 g/mol. The van der Waals surface area contributed by atoms with E-state index >= 15 is 0 Å². The number of aliphatic imine (C=N–C) groups is 1. The van der Waals surface area contributed by atoms with Gasteiger partial charge in [0, 0.05) is 0 Å². The van der Waals surface area contributed by atoms with Crippen LogP contribution in [0.3, 0.4) is 0 Å². The number of hydrogen-bond acceptors (Lipinski definition) is 4. The molecule has 4 nitrogen and oxygen atoms in total. The summed E-state index contributed by atoms with van der Waals surface area (Å²) in [4.78, 5) is 15.1. The minimum Gasteiger partial charge on any atom is -0.390 e. The number of aliphatic hydroxyl groups is 1. The maximum Gasteiger partial charge on any atom is 0.141 e. The molecule has 1 heterocycles. The van der Waals surface area contributed by atoms with Crippen molar-refractivity contribution in [1.82, 2.24) is 5.32 Å². The Labute approximate surface area is 103 Å². The van der Waals surface area contributed by atoms with Crippen molar-refractivity contribution in [2.45, 2.75) is 19.6 Å². The summed E-state index contributed by atoms with van der Waals surface area (Å²) in [5.41, 5.74) is 2.54. The van der Waals surface area contributed by atoms with Crippen LogP contribution in [-0.4, -0.2) is 29.2 Å². The van der Waals surface area contributed by atoms with E-state index in [0.717, 1.165) is 17.4 Å². The molecule has 5 heteroatoms. The number of nitrogens with one attached hydrogen (secondary N) is 1. The topological polar surface area (TPSA) is 61.7 Å². The monoisotopic (exact) mass is 252 g/mol. The quantitative estimate of drug-likeness (QED) is 0.587. The van der Waals surface area contributed by atoms with Crippen LogP contribution in [0.2, 0.25) is 0 Å². The zero-order valence-electron chi connectivity index (χ0n) is 9.97. The van der Waals surface area contributed by atoms with Crippen LogP contribution in [0.5, 0.6) is 0 Å². The second-order valence-electron chi connectivity index (χ2n) is 4.47. The lowest BCUT2D eigenvalue weighted by atomic mass is 9.88. The fraction of sp³-hybridized carbons (Fsp3) is 0.500. The number of hydrogen-bond donors (Lipinski definition) is 2. The predicted octanol–water partition coefficient (Wildman–Crippen LogP) is 1.27. The molecule has 2 rings (SSSR count). The molecule has 0 radical (unpaired) electrons. The molecule has 0 aromatic rings. The Hall–Kier alpha value is -0.990. The second kappa shape index (κ2) is 5.11. The largest absolute Gasteiger partial charge is 0.390 e. The van der Waals surface area contributed by atoms with E-state index in [2.05, 4.69) is 36.3 Å². The summed E-state index contributed by atoms with van der Waals surface area (Å²) >= 11 is 0. The molecule has 17 heavy (non-hydrogen) atoms. The Morgan fingerprint density at radius 3 is 2.82 bits per heavy atom. The van der Waals surface area contributed by atoms with E-state index in [1.165, 1.54) is 0 Å². The van der Waals surface area contributed by atoms with Crippen LogP contribution >= 0.6 is 8.58 Å². The van der Waals surface area contributed by atoms with Crippen LogP contribution in [0, 0.1) is 11.8 Å². The van der Waals surface area contributed by atoms with E-state index in [9.17, 15) is 9.90 Å². The van der Waals surface area contributed by atoms with Crippen molar-refractivity contribution in [3.63, 3.8) is 0 Å². The first-order valence-corrected chi connectivity index (χ1v) is 6.89. The van der Waals surface area contributed by atoms with Gasteiger partial charge in [-0.05, 0) is 20.4 Å². The highest BCUT2D eigenvalue weighted by Crippen LogP contribution is 2.31. The van der Waals surface area contributed by atoms with Gasteiger partial charge in [0.25, 0.3) is 0 Å². The molecule has 92 valence electrons. The molecule has 2 aliphatic rings. The van der Waals surface area contributed by atoms with Crippen LogP contribution in [0.4, 0.5) is 0 Å². The molecule has 0 bridgehead atoms. The molecular formula is C12H17N2O2P. The summed E-state index contributed by atoms with van der Waals surface area (Å²) in [6.45, 7) is 4.21. The summed E-state index contributed by atoms with van der Waals surface area (Å²) in [5, 5.41) is 12.6.